The molecule has 10 nitrogen and oxygen atoms in total. The maximum absolute atomic E-state index is 12.2. The second-order valence-electron chi connectivity index (χ2n) is 5.97. The lowest BCUT2D eigenvalue weighted by Crippen LogP contribution is -2.40. The molecule has 0 saturated heterocycles. The van der Waals surface area contributed by atoms with Crippen molar-refractivity contribution in [2.75, 3.05) is 53.2 Å². The van der Waals surface area contributed by atoms with E-state index >= 15 is 0 Å². The van der Waals surface area contributed by atoms with Gasteiger partial charge in [0.1, 0.15) is 5.60 Å². The number of ether oxygens (including phenoxy) is 4. The Kier molecular flexibility index (Phi) is 12.2. The fourth-order valence-corrected chi connectivity index (χ4v) is 1.58. The van der Waals surface area contributed by atoms with Crippen molar-refractivity contribution < 1.29 is 28.5 Å². The summed E-state index contributed by atoms with van der Waals surface area (Å²) in [6.45, 7) is 7.24. The van der Waals surface area contributed by atoms with E-state index in [9.17, 15) is 9.59 Å². The Morgan fingerprint density at radius 1 is 1.08 bits per heavy atom. The molecule has 0 aliphatic heterocycles. The largest absolute Gasteiger partial charge is 0.469 e. The quantitative estimate of drug-likeness (QED) is 0.173. The maximum Gasteiger partial charge on any atom is 0.410 e. The molecular formula is C15H28N4O6. The van der Waals surface area contributed by atoms with Gasteiger partial charge in [-0.25, -0.2) is 4.79 Å². The molecule has 0 aliphatic carbocycles. The minimum Gasteiger partial charge on any atom is -0.469 e. The lowest BCUT2D eigenvalue weighted by atomic mass is 10.2. The minimum absolute atomic E-state index is 0.158. The topological polar surface area (TPSA) is 123 Å². The highest BCUT2D eigenvalue weighted by Gasteiger charge is 2.21. The highest BCUT2D eigenvalue weighted by Crippen LogP contribution is 2.10. The van der Waals surface area contributed by atoms with Crippen LogP contribution in [0.5, 0.6) is 0 Å². The van der Waals surface area contributed by atoms with E-state index in [0.717, 1.165) is 0 Å². The molecule has 0 unspecified atom stereocenters. The Balaban J connectivity index is 4.25. The number of esters is 1. The molecule has 0 aromatic carbocycles. The predicted octanol–water partition coefficient (Wildman–Crippen LogP) is 2.13. The first-order chi connectivity index (χ1) is 11.8. The molecule has 0 aromatic heterocycles. The van der Waals surface area contributed by atoms with E-state index in [-0.39, 0.29) is 45.4 Å². The van der Waals surface area contributed by atoms with Crippen molar-refractivity contribution in [2.45, 2.75) is 32.8 Å². The Labute approximate surface area is 148 Å². The Morgan fingerprint density at radius 3 is 2.20 bits per heavy atom. The van der Waals surface area contributed by atoms with Crippen molar-refractivity contribution >= 4 is 12.1 Å². The van der Waals surface area contributed by atoms with Crippen LogP contribution >= 0.6 is 0 Å². The third kappa shape index (κ3) is 14.1. The van der Waals surface area contributed by atoms with Crippen LogP contribution in [0.3, 0.4) is 0 Å². The molecule has 0 bridgehead atoms. The number of azide groups is 1. The highest BCUT2D eigenvalue weighted by atomic mass is 16.6. The highest BCUT2D eigenvalue weighted by molar-refractivity contribution is 5.69. The first-order valence-corrected chi connectivity index (χ1v) is 8.01. The van der Waals surface area contributed by atoms with Gasteiger partial charge in [-0.2, -0.15) is 0 Å². The summed E-state index contributed by atoms with van der Waals surface area (Å²) < 4.78 is 20.5. The van der Waals surface area contributed by atoms with Gasteiger partial charge < -0.3 is 23.8 Å². The van der Waals surface area contributed by atoms with E-state index in [0.29, 0.717) is 13.1 Å². The Morgan fingerprint density at radius 2 is 1.68 bits per heavy atom. The number of carbonyl (C=O) groups is 2. The summed E-state index contributed by atoms with van der Waals surface area (Å²) in [4.78, 5) is 27.3. The summed E-state index contributed by atoms with van der Waals surface area (Å²) in [6.07, 6.45) is -0.312. The number of carbonyl (C=O) groups excluding carboxylic acids is 2. The maximum atomic E-state index is 12.2. The third-order valence-corrected chi connectivity index (χ3v) is 2.74. The molecule has 0 spiro atoms. The predicted molar refractivity (Wildman–Crippen MR) is 90.1 cm³/mol. The van der Waals surface area contributed by atoms with Crippen LogP contribution in [-0.4, -0.2) is 75.7 Å². The summed E-state index contributed by atoms with van der Waals surface area (Å²) >= 11 is 0. The van der Waals surface area contributed by atoms with Crippen molar-refractivity contribution in [3.05, 3.63) is 10.4 Å². The van der Waals surface area contributed by atoms with E-state index in [2.05, 4.69) is 14.8 Å². The first-order valence-electron chi connectivity index (χ1n) is 8.01. The summed E-state index contributed by atoms with van der Waals surface area (Å²) in [6, 6.07) is 0. The molecule has 0 atom stereocenters. The van der Waals surface area contributed by atoms with E-state index in [1.54, 1.807) is 20.8 Å². The Bertz CT molecular complexity index is 446. The lowest BCUT2D eigenvalue weighted by Gasteiger charge is -2.27. The number of hydrogen-bond donors (Lipinski definition) is 0. The molecule has 25 heavy (non-hydrogen) atoms. The van der Waals surface area contributed by atoms with E-state index in [1.807, 2.05) is 0 Å². The molecule has 0 rings (SSSR count). The molecule has 0 heterocycles. The zero-order valence-corrected chi connectivity index (χ0v) is 15.4. The van der Waals surface area contributed by atoms with E-state index in [1.165, 1.54) is 12.0 Å². The van der Waals surface area contributed by atoms with Gasteiger partial charge in [0.2, 0.25) is 0 Å². The van der Waals surface area contributed by atoms with Gasteiger partial charge in [-0.05, 0) is 26.3 Å². The van der Waals surface area contributed by atoms with Crippen LogP contribution in [0, 0.1) is 0 Å². The second kappa shape index (κ2) is 13.3. The van der Waals surface area contributed by atoms with Gasteiger partial charge in [-0.3, -0.25) is 4.79 Å². The van der Waals surface area contributed by atoms with Crippen LogP contribution in [-0.2, 0) is 23.7 Å². The normalized spacial score (nSPS) is 10.7. The molecule has 0 radical (unpaired) electrons. The molecule has 144 valence electrons. The van der Waals surface area contributed by atoms with Crippen LogP contribution in [0.15, 0.2) is 5.11 Å². The van der Waals surface area contributed by atoms with Gasteiger partial charge in [0.05, 0.1) is 40.0 Å². The van der Waals surface area contributed by atoms with Gasteiger partial charge in [-0.15, -0.1) is 0 Å². The number of hydrogen-bond acceptors (Lipinski definition) is 7. The van der Waals surface area contributed by atoms with Gasteiger partial charge in [-0.1, -0.05) is 5.11 Å². The number of methoxy groups -OCH3 is 1. The number of amides is 1. The molecule has 0 aromatic rings. The van der Waals surface area contributed by atoms with Crippen LogP contribution in [0.4, 0.5) is 4.79 Å². The fourth-order valence-electron chi connectivity index (χ4n) is 1.58. The summed E-state index contributed by atoms with van der Waals surface area (Å²) in [7, 11) is 1.31. The molecule has 0 fully saturated rings. The molecular weight excluding hydrogens is 332 g/mol. The van der Waals surface area contributed by atoms with Crippen molar-refractivity contribution in [3.8, 4) is 0 Å². The van der Waals surface area contributed by atoms with Crippen LogP contribution < -0.4 is 0 Å². The van der Waals surface area contributed by atoms with Crippen molar-refractivity contribution in [3.63, 3.8) is 0 Å². The zero-order valence-electron chi connectivity index (χ0n) is 15.4. The van der Waals surface area contributed by atoms with Crippen LogP contribution in [0.1, 0.15) is 27.2 Å². The summed E-state index contributed by atoms with van der Waals surface area (Å²) in [5.74, 6) is -0.350. The van der Waals surface area contributed by atoms with Crippen molar-refractivity contribution in [1.82, 2.24) is 4.90 Å². The summed E-state index contributed by atoms with van der Waals surface area (Å²) in [5.41, 5.74) is 7.57. The standard InChI is InChI=1S/C15H28N4O6/c1-15(2,3)25-14(21)19(8-12-24-10-6-17-18-16)7-11-23-9-5-13(20)22-4/h5-12H2,1-4H3. The number of rotatable bonds is 12. The van der Waals surface area contributed by atoms with E-state index in [4.69, 9.17) is 19.7 Å². The third-order valence-electron chi connectivity index (χ3n) is 2.74. The van der Waals surface area contributed by atoms with E-state index < -0.39 is 11.7 Å². The minimum atomic E-state index is -0.608. The zero-order chi connectivity index (χ0) is 19.1. The van der Waals surface area contributed by atoms with Crippen molar-refractivity contribution in [2.24, 2.45) is 5.11 Å². The average molecular weight is 360 g/mol. The average Bonchev–Trinajstić information content (AvgIpc) is 2.53. The molecule has 10 heteroatoms. The van der Waals surface area contributed by atoms with Crippen LogP contribution in [0.2, 0.25) is 0 Å². The monoisotopic (exact) mass is 360 g/mol. The lowest BCUT2D eigenvalue weighted by molar-refractivity contribution is -0.141. The molecule has 0 aliphatic rings. The van der Waals surface area contributed by atoms with Gasteiger partial charge in [0.15, 0.2) is 0 Å². The SMILES string of the molecule is COC(=O)CCOCCN(CCOCCN=[N+]=[N-])C(=O)OC(C)(C)C. The second-order valence-corrected chi connectivity index (χ2v) is 5.97. The van der Waals surface area contributed by atoms with Crippen LogP contribution in [0.25, 0.3) is 10.4 Å². The van der Waals surface area contributed by atoms with Crippen molar-refractivity contribution in [1.29, 1.82) is 0 Å². The van der Waals surface area contributed by atoms with Gasteiger partial charge in [0, 0.05) is 24.5 Å². The first kappa shape index (κ1) is 23.0. The molecule has 1 amide bonds. The smallest absolute Gasteiger partial charge is 0.410 e. The summed E-state index contributed by atoms with van der Waals surface area (Å²) in [5, 5.41) is 3.36. The number of nitrogens with zero attached hydrogens (tertiary/aromatic N) is 4. The molecule has 0 saturated carbocycles. The van der Waals surface area contributed by atoms with Gasteiger partial charge >= 0.3 is 12.1 Å². The molecule has 0 N–H and O–H groups in total. The van der Waals surface area contributed by atoms with Gasteiger partial charge in [0.25, 0.3) is 0 Å². The fraction of sp³-hybridized carbons (Fsp3) is 0.867. The Hall–Kier alpha value is -2.03.